The molecule has 0 aliphatic heterocycles. The van der Waals surface area contributed by atoms with Crippen LogP contribution in [0.25, 0.3) is 0 Å². The molecule has 3 nitrogen and oxygen atoms in total. The van der Waals surface area contributed by atoms with Gasteiger partial charge in [0, 0.05) is 6.54 Å². The number of rotatable bonds is 4. The van der Waals surface area contributed by atoms with Crippen LogP contribution in [0.4, 0.5) is 0 Å². The van der Waals surface area contributed by atoms with Crippen LogP contribution in [-0.2, 0) is 4.79 Å². The lowest BCUT2D eigenvalue weighted by molar-refractivity contribution is -0.129. The molecule has 0 radical (unpaired) electrons. The van der Waals surface area contributed by atoms with E-state index in [-0.39, 0.29) is 5.91 Å². The van der Waals surface area contributed by atoms with E-state index in [0.717, 1.165) is 32.2 Å². The molecule has 17 heavy (non-hydrogen) atoms. The minimum Gasteiger partial charge on any atom is -0.392 e. The Morgan fingerprint density at radius 1 is 1.24 bits per heavy atom. The van der Waals surface area contributed by atoms with Gasteiger partial charge in [-0.2, -0.15) is 0 Å². The predicted octanol–water partition coefficient (Wildman–Crippen LogP) is 2.14. The van der Waals surface area contributed by atoms with Crippen LogP contribution in [0.3, 0.4) is 0 Å². The van der Waals surface area contributed by atoms with Gasteiger partial charge in [-0.25, -0.2) is 0 Å². The van der Waals surface area contributed by atoms with Gasteiger partial charge < -0.3 is 11.1 Å². The molecular weight excluding hydrogens is 232 g/mol. The summed E-state index contributed by atoms with van der Waals surface area (Å²) in [5, 5.41) is 3.07. The number of nitrogens with two attached hydrogens (primary N) is 1. The van der Waals surface area contributed by atoms with Gasteiger partial charge in [0.15, 0.2) is 0 Å². The van der Waals surface area contributed by atoms with Gasteiger partial charge in [0.05, 0.1) is 10.4 Å². The molecule has 3 N–H and O–H groups in total. The van der Waals surface area contributed by atoms with Crippen molar-refractivity contribution in [2.75, 3.05) is 6.54 Å². The molecule has 2 aliphatic rings. The summed E-state index contributed by atoms with van der Waals surface area (Å²) in [6, 6.07) is 0. The van der Waals surface area contributed by atoms with Crippen LogP contribution in [0.5, 0.6) is 0 Å². The predicted molar refractivity (Wildman–Crippen MR) is 72.7 cm³/mol. The quantitative estimate of drug-likeness (QED) is 0.756. The lowest BCUT2D eigenvalue weighted by Crippen LogP contribution is -2.51. The first-order valence-electron chi connectivity index (χ1n) is 6.73. The number of thiocarbonyl (C=S) groups is 1. The van der Waals surface area contributed by atoms with E-state index in [2.05, 4.69) is 5.32 Å². The highest BCUT2D eigenvalue weighted by atomic mass is 32.1. The van der Waals surface area contributed by atoms with Gasteiger partial charge in [-0.3, -0.25) is 4.79 Å². The fourth-order valence-corrected chi connectivity index (χ4v) is 3.14. The average molecular weight is 254 g/mol. The second kappa shape index (κ2) is 5.34. The zero-order valence-electron chi connectivity index (χ0n) is 10.3. The highest BCUT2D eigenvalue weighted by Crippen LogP contribution is 2.37. The first-order valence-corrected chi connectivity index (χ1v) is 7.14. The molecule has 96 valence electrons. The van der Waals surface area contributed by atoms with Gasteiger partial charge in [-0.05, 0) is 31.6 Å². The molecule has 0 heterocycles. The van der Waals surface area contributed by atoms with Crippen molar-refractivity contribution in [3.05, 3.63) is 0 Å². The van der Waals surface area contributed by atoms with Gasteiger partial charge in [-0.15, -0.1) is 0 Å². The fraction of sp³-hybridized carbons (Fsp3) is 0.846. The van der Waals surface area contributed by atoms with Crippen molar-refractivity contribution in [3.63, 3.8) is 0 Å². The molecule has 0 aromatic rings. The Kier molecular flexibility index (Phi) is 4.02. The summed E-state index contributed by atoms with van der Waals surface area (Å²) in [6.45, 7) is 0.809. The first-order chi connectivity index (χ1) is 8.15. The van der Waals surface area contributed by atoms with Crippen LogP contribution in [0, 0.1) is 11.3 Å². The summed E-state index contributed by atoms with van der Waals surface area (Å²) >= 11 is 5.14. The van der Waals surface area contributed by atoms with E-state index < -0.39 is 5.41 Å². The van der Waals surface area contributed by atoms with Crippen molar-refractivity contribution in [1.29, 1.82) is 0 Å². The maximum atomic E-state index is 12.3. The van der Waals surface area contributed by atoms with E-state index in [1.54, 1.807) is 0 Å². The Hall–Kier alpha value is -0.640. The second-order valence-electron chi connectivity index (χ2n) is 5.51. The van der Waals surface area contributed by atoms with E-state index in [9.17, 15) is 4.79 Å². The maximum absolute atomic E-state index is 12.3. The van der Waals surface area contributed by atoms with Crippen LogP contribution in [0.1, 0.15) is 51.4 Å². The van der Waals surface area contributed by atoms with Gasteiger partial charge in [0.25, 0.3) is 0 Å². The third-order valence-electron chi connectivity index (χ3n) is 4.39. The molecular formula is C13H22N2OS. The largest absolute Gasteiger partial charge is 0.392 e. The molecule has 2 rings (SSSR count). The zero-order valence-corrected chi connectivity index (χ0v) is 11.2. The van der Waals surface area contributed by atoms with Crippen LogP contribution < -0.4 is 11.1 Å². The van der Waals surface area contributed by atoms with Crippen molar-refractivity contribution in [2.24, 2.45) is 17.1 Å². The zero-order chi connectivity index (χ0) is 12.3. The molecule has 0 atom stereocenters. The SMILES string of the molecule is NC(=S)C1(C(=O)NCC2CCC2)CCCCC1. The number of carbonyl (C=O) groups excluding carboxylic acids is 1. The highest BCUT2D eigenvalue weighted by molar-refractivity contribution is 7.80. The van der Waals surface area contributed by atoms with Crippen molar-refractivity contribution < 1.29 is 4.79 Å². The standard InChI is InChI=1S/C13H22N2OS/c14-11(17)13(7-2-1-3-8-13)12(16)15-9-10-5-4-6-10/h10H,1-9H2,(H2,14,17)(H,15,16). The minimum atomic E-state index is -0.544. The van der Waals surface area contributed by atoms with Crippen LogP contribution in [0.2, 0.25) is 0 Å². The topological polar surface area (TPSA) is 55.1 Å². The van der Waals surface area contributed by atoms with Gasteiger partial charge in [0.2, 0.25) is 5.91 Å². The molecule has 0 aromatic carbocycles. The molecule has 0 spiro atoms. The minimum absolute atomic E-state index is 0.0802. The van der Waals surface area contributed by atoms with Crippen molar-refractivity contribution in [3.8, 4) is 0 Å². The van der Waals surface area contributed by atoms with E-state index in [4.69, 9.17) is 18.0 Å². The molecule has 0 bridgehead atoms. The molecule has 0 unspecified atom stereocenters. The normalized spacial score (nSPS) is 23.8. The van der Waals surface area contributed by atoms with Crippen LogP contribution in [-0.4, -0.2) is 17.4 Å². The third kappa shape index (κ3) is 2.62. The van der Waals surface area contributed by atoms with Crippen LogP contribution >= 0.6 is 12.2 Å². The molecule has 4 heteroatoms. The second-order valence-corrected chi connectivity index (χ2v) is 5.95. The summed E-state index contributed by atoms with van der Waals surface area (Å²) in [7, 11) is 0. The highest BCUT2D eigenvalue weighted by Gasteiger charge is 2.42. The lowest BCUT2D eigenvalue weighted by Gasteiger charge is -2.36. The lowest BCUT2D eigenvalue weighted by atomic mass is 9.73. The monoisotopic (exact) mass is 254 g/mol. The molecule has 0 saturated heterocycles. The third-order valence-corrected chi connectivity index (χ3v) is 4.78. The summed E-state index contributed by atoms with van der Waals surface area (Å²) in [5.74, 6) is 0.766. The van der Waals surface area contributed by atoms with E-state index in [1.165, 1.54) is 25.7 Å². The summed E-state index contributed by atoms with van der Waals surface area (Å²) in [5.41, 5.74) is 5.28. The van der Waals surface area contributed by atoms with Crippen LogP contribution in [0.15, 0.2) is 0 Å². The van der Waals surface area contributed by atoms with Gasteiger partial charge >= 0.3 is 0 Å². The molecule has 2 aliphatic carbocycles. The number of hydrogen-bond donors (Lipinski definition) is 2. The molecule has 0 aromatic heterocycles. The molecule has 2 saturated carbocycles. The maximum Gasteiger partial charge on any atom is 0.233 e. The Morgan fingerprint density at radius 2 is 1.88 bits per heavy atom. The number of hydrogen-bond acceptors (Lipinski definition) is 2. The average Bonchev–Trinajstić information content (AvgIpc) is 2.27. The van der Waals surface area contributed by atoms with Crippen molar-refractivity contribution >= 4 is 23.1 Å². The number of nitrogens with one attached hydrogen (secondary N) is 1. The Bertz CT molecular complexity index is 307. The first kappa shape index (κ1) is 12.8. The summed E-state index contributed by atoms with van der Waals surface area (Å²) in [6.07, 6.45) is 8.79. The van der Waals surface area contributed by atoms with Gasteiger partial charge in [-0.1, -0.05) is 37.9 Å². The fourth-order valence-electron chi connectivity index (χ4n) is 2.84. The molecule has 1 amide bonds. The Morgan fingerprint density at radius 3 is 2.35 bits per heavy atom. The van der Waals surface area contributed by atoms with E-state index in [0.29, 0.717) is 10.9 Å². The van der Waals surface area contributed by atoms with Crippen molar-refractivity contribution in [2.45, 2.75) is 51.4 Å². The number of carbonyl (C=O) groups is 1. The van der Waals surface area contributed by atoms with Gasteiger partial charge in [0.1, 0.15) is 0 Å². The summed E-state index contributed by atoms with van der Waals surface area (Å²) in [4.78, 5) is 12.7. The Balaban J connectivity index is 1.94. The van der Waals surface area contributed by atoms with Crippen molar-refractivity contribution in [1.82, 2.24) is 5.32 Å². The molecule has 2 fully saturated rings. The van der Waals surface area contributed by atoms with E-state index in [1.807, 2.05) is 0 Å². The smallest absolute Gasteiger partial charge is 0.233 e. The van der Waals surface area contributed by atoms with E-state index >= 15 is 0 Å². The number of amides is 1. The summed E-state index contributed by atoms with van der Waals surface area (Å²) < 4.78 is 0. The Labute approximate surface area is 109 Å².